The topological polar surface area (TPSA) is 97.2 Å². The van der Waals surface area contributed by atoms with Crippen LogP contribution in [0.2, 0.25) is 5.02 Å². The van der Waals surface area contributed by atoms with Gasteiger partial charge in [-0.25, -0.2) is 4.98 Å². The minimum Gasteiger partial charge on any atom is -0.317 e. The zero-order valence-electron chi connectivity index (χ0n) is 11.2. The summed E-state index contributed by atoms with van der Waals surface area (Å²) < 4.78 is 0.959. The monoisotopic (exact) mass is 462 g/mol. The van der Waals surface area contributed by atoms with Gasteiger partial charge in [-0.1, -0.05) is 11.6 Å². The number of nitrogens with zero attached hydrogens (tertiary/aromatic N) is 2. The van der Waals surface area contributed by atoms with Gasteiger partial charge in [-0.2, -0.15) is 0 Å². The molecule has 0 atom stereocenters. The first-order chi connectivity index (χ1) is 10.9. The minimum absolute atomic E-state index is 0.0353. The second kappa shape index (κ2) is 7.62. The number of nitro groups is 1. The fourth-order valence-corrected chi connectivity index (χ4v) is 2.35. The van der Waals surface area contributed by atoms with E-state index in [4.69, 9.17) is 23.8 Å². The molecule has 0 saturated heterocycles. The van der Waals surface area contributed by atoms with Crippen molar-refractivity contribution in [2.45, 2.75) is 0 Å². The van der Waals surface area contributed by atoms with Gasteiger partial charge in [0.05, 0.1) is 15.5 Å². The van der Waals surface area contributed by atoms with Crippen LogP contribution >= 0.6 is 46.4 Å². The van der Waals surface area contributed by atoms with E-state index in [1.165, 1.54) is 12.1 Å². The number of nitrogens with one attached hydrogen (secondary N) is 2. The Bertz CT molecular complexity index is 785. The maximum atomic E-state index is 12.1. The Labute approximate surface area is 154 Å². The van der Waals surface area contributed by atoms with Crippen molar-refractivity contribution in [2.75, 3.05) is 5.32 Å². The van der Waals surface area contributed by atoms with Crippen LogP contribution in [-0.4, -0.2) is 20.9 Å². The smallest absolute Gasteiger partial charge is 0.270 e. The molecule has 1 aromatic heterocycles. The first-order valence-electron chi connectivity index (χ1n) is 6.04. The maximum Gasteiger partial charge on any atom is 0.270 e. The first kappa shape index (κ1) is 17.5. The summed E-state index contributed by atoms with van der Waals surface area (Å²) in [5.74, 6) is -0.0987. The standard InChI is InChI=1S/C13H8ClIN4O3S/c14-10-5-8(19(21)22)2-3-9(10)12(20)18-13(23)17-11-4-1-7(15)6-16-11/h1-6H,(H2,16,17,18,20,23). The van der Waals surface area contributed by atoms with Crippen LogP contribution in [-0.2, 0) is 0 Å². The summed E-state index contributed by atoms with van der Waals surface area (Å²) in [6.07, 6.45) is 1.64. The van der Waals surface area contributed by atoms with E-state index in [-0.39, 0.29) is 21.4 Å². The number of carbonyl (C=O) groups is 1. The van der Waals surface area contributed by atoms with Crippen molar-refractivity contribution < 1.29 is 9.72 Å². The van der Waals surface area contributed by atoms with Crippen LogP contribution in [0.1, 0.15) is 10.4 Å². The Balaban J connectivity index is 2.05. The fourth-order valence-electron chi connectivity index (χ4n) is 1.57. The average molecular weight is 463 g/mol. The third kappa shape index (κ3) is 4.81. The molecule has 2 rings (SSSR count). The van der Waals surface area contributed by atoms with Crippen LogP contribution in [0.4, 0.5) is 11.5 Å². The Morgan fingerprint density at radius 1 is 1.35 bits per heavy atom. The van der Waals surface area contributed by atoms with E-state index in [1.54, 1.807) is 12.3 Å². The predicted octanol–water partition coefficient (Wildman–Crippen LogP) is 3.37. The van der Waals surface area contributed by atoms with Crippen molar-refractivity contribution >= 4 is 68.9 Å². The number of rotatable bonds is 3. The first-order valence-corrected chi connectivity index (χ1v) is 7.91. The molecule has 0 fully saturated rings. The third-order valence-corrected chi connectivity index (χ3v) is 3.76. The molecule has 0 radical (unpaired) electrons. The van der Waals surface area contributed by atoms with Crippen molar-refractivity contribution in [3.63, 3.8) is 0 Å². The van der Waals surface area contributed by atoms with E-state index in [2.05, 4.69) is 38.2 Å². The predicted molar refractivity (Wildman–Crippen MR) is 98.7 cm³/mol. The van der Waals surface area contributed by atoms with Crippen LogP contribution in [0.3, 0.4) is 0 Å². The van der Waals surface area contributed by atoms with Gasteiger partial charge < -0.3 is 5.32 Å². The van der Waals surface area contributed by atoms with Crippen molar-refractivity contribution in [2.24, 2.45) is 0 Å². The Kier molecular flexibility index (Phi) is 5.80. The normalized spacial score (nSPS) is 10.0. The number of anilines is 1. The van der Waals surface area contributed by atoms with Gasteiger partial charge in [-0.15, -0.1) is 0 Å². The van der Waals surface area contributed by atoms with Gasteiger partial charge in [-0.3, -0.25) is 20.2 Å². The number of nitro benzene ring substituents is 1. The summed E-state index contributed by atoms with van der Waals surface area (Å²) in [6, 6.07) is 7.10. The highest BCUT2D eigenvalue weighted by Crippen LogP contribution is 2.22. The van der Waals surface area contributed by atoms with Crippen molar-refractivity contribution in [3.05, 3.63) is 60.8 Å². The Morgan fingerprint density at radius 3 is 2.65 bits per heavy atom. The number of hydrogen-bond acceptors (Lipinski definition) is 5. The van der Waals surface area contributed by atoms with Crippen molar-refractivity contribution in [1.29, 1.82) is 0 Å². The second-order valence-corrected chi connectivity index (χ2v) is 6.25. The highest BCUT2D eigenvalue weighted by molar-refractivity contribution is 14.1. The van der Waals surface area contributed by atoms with Gasteiger partial charge in [0.25, 0.3) is 11.6 Å². The molecule has 0 aliphatic carbocycles. The van der Waals surface area contributed by atoms with Crippen LogP contribution in [0.5, 0.6) is 0 Å². The molecule has 0 bridgehead atoms. The quantitative estimate of drug-likeness (QED) is 0.314. The zero-order valence-corrected chi connectivity index (χ0v) is 15.0. The molecule has 23 heavy (non-hydrogen) atoms. The van der Waals surface area contributed by atoms with Gasteiger partial charge in [0.2, 0.25) is 0 Å². The largest absolute Gasteiger partial charge is 0.317 e. The molecule has 2 aromatic rings. The SMILES string of the molecule is O=C(NC(=S)Nc1ccc(I)cn1)c1ccc([N+](=O)[O-])cc1Cl. The molecule has 1 aromatic carbocycles. The summed E-state index contributed by atoms with van der Waals surface area (Å²) in [7, 11) is 0. The van der Waals surface area contributed by atoms with E-state index < -0.39 is 10.8 Å². The number of pyridine rings is 1. The number of hydrogen-bond donors (Lipinski definition) is 2. The molecule has 0 unspecified atom stereocenters. The molecule has 0 spiro atoms. The second-order valence-electron chi connectivity index (χ2n) is 4.19. The molecule has 0 aliphatic heterocycles. The molecule has 7 nitrogen and oxygen atoms in total. The number of carbonyl (C=O) groups excluding carboxylic acids is 1. The number of benzene rings is 1. The number of amides is 1. The molecular weight excluding hydrogens is 455 g/mol. The number of non-ortho nitro benzene ring substituents is 1. The Hall–Kier alpha value is -1.85. The molecule has 1 amide bonds. The lowest BCUT2D eigenvalue weighted by molar-refractivity contribution is -0.384. The number of thiocarbonyl (C=S) groups is 1. The minimum atomic E-state index is -0.595. The summed E-state index contributed by atoms with van der Waals surface area (Å²) >= 11 is 13.0. The number of aromatic nitrogens is 1. The van der Waals surface area contributed by atoms with Gasteiger partial charge >= 0.3 is 0 Å². The molecule has 0 aliphatic rings. The van der Waals surface area contributed by atoms with E-state index >= 15 is 0 Å². The van der Waals surface area contributed by atoms with E-state index in [0.29, 0.717) is 5.82 Å². The lowest BCUT2D eigenvalue weighted by Crippen LogP contribution is -2.34. The lowest BCUT2D eigenvalue weighted by atomic mass is 10.2. The molecule has 2 N–H and O–H groups in total. The van der Waals surface area contributed by atoms with Gasteiger partial charge in [0.15, 0.2) is 5.11 Å². The van der Waals surface area contributed by atoms with Crippen molar-refractivity contribution in [1.82, 2.24) is 10.3 Å². The van der Waals surface area contributed by atoms with Crippen LogP contribution in [0.25, 0.3) is 0 Å². The van der Waals surface area contributed by atoms with Crippen LogP contribution in [0, 0.1) is 13.7 Å². The van der Waals surface area contributed by atoms with Crippen LogP contribution < -0.4 is 10.6 Å². The average Bonchev–Trinajstić information content (AvgIpc) is 2.49. The number of halogens is 2. The Morgan fingerprint density at radius 2 is 2.09 bits per heavy atom. The summed E-state index contributed by atoms with van der Waals surface area (Å²) in [4.78, 5) is 26.2. The fraction of sp³-hybridized carbons (Fsp3) is 0. The van der Waals surface area contributed by atoms with Gasteiger partial charge in [-0.05, 0) is 53.0 Å². The summed E-state index contributed by atoms with van der Waals surface area (Å²) in [6.45, 7) is 0. The zero-order chi connectivity index (χ0) is 17.0. The van der Waals surface area contributed by atoms with Gasteiger partial charge in [0.1, 0.15) is 5.82 Å². The molecule has 10 heteroatoms. The molecular formula is C13H8ClIN4O3S. The maximum absolute atomic E-state index is 12.1. The lowest BCUT2D eigenvalue weighted by Gasteiger charge is -2.09. The van der Waals surface area contributed by atoms with E-state index in [9.17, 15) is 14.9 Å². The molecule has 0 saturated carbocycles. The third-order valence-electron chi connectivity index (χ3n) is 2.60. The van der Waals surface area contributed by atoms with Crippen molar-refractivity contribution in [3.8, 4) is 0 Å². The summed E-state index contributed by atoms with van der Waals surface area (Å²) in [5.41, 5.74) is -0.118. The molecule has 1 heterocycles. The van der Waals surface area contributed by atoms with Gasteiger partial charge in [0, 0.05) is 21.9 Å². The highest BCUT2D eigenvalue weighted by Gasteiger charge is 2.16. The highest BCUT2D eigenvalue weighted by atomic mass is 127. The van der Waals surface area contributed by atoms with E-state index in [1.807, 2.05) is 6.07 Å². The molecule has 118 valence electrons. The van der Waals surface area contributed by atoms with Crippen LogP contribution in [0.15, 0.2) is 36.5 Å². The van der Waals surface area contributed by atoms with E-state index in [0.717, 1.165) is 9.64 Å². The summed E-state index contributed by atoms with van der Waals surface area (Å²) in [5, 5.41) is 15.8.